The van der Waals surface area contributed by atoms with Gasteiger partial charge in [-0.3, -0.25) is 0 Å². The number of rotatable bonds is 6. The molecular formula is C20H24N2O2S. The first-order valence-corrected chi connectivity index (χ1v) is 9.09. The number of anilines is 1. The molecule has 0 atom stereocenters. The first-order valence-electron chi connectivity index (χ1n) is 8.68. The van der Waals surface area contributed by atoms with E-state index in [0.717, 1.165) is 29.2 Å². The second kappa shape index (κ2) is 8.21. The summed E-state index contributed by atoms with van der Waals surface area (Å²) in [4.78, 5) is 0. The van der Waals surface area contributed by atoms with E-state index in [0.29, 0.717) is 18.5 Å². The Kier molecular flexibility index (Phi) is 5.76. The molecule has 0 amide bonds. The van der Waals surface area contributed by atoms with Crippen LogP contribution in [0.4, 0.5) is 5.69 Å². The van der Waals surface area contributed by atoms with Crippen molar-refractivity contribution < 1.29 is 9.47 Å². The van der Waals surface area contributed by atoms with Gasteiger partial charge in [0.1, 0.15) is 0 Å². The van der Waals surface area contributed by atoms with Crippen molar-refractivity contribution in [3.63, 3.8) is 0 Å². The van der Waals surface area contributed by atoms with Gasteiger partial charge in [0.2, 0.25) is 6.79 Å². The van der Waals surface area contributed by atoms with Crippen LogP contribution in [0.3, 0.4) is 0 Å². The third kappa shape index (κ3) is 4.63. The van der Waals surface area contributed by atoms with E-state index in [2.05, 4.69) is 42.7 Å². The maximum absolute atomic E-state index is 5.42. The number of aryl methyl sites for hydroxylation is 2. The number of hydrogen-bond donors (Lipinski definition) is 2. The van der Waals surface area contributed by atoms with Gasteiger partial charge in [0, 0.05) is 12.2 Å². The molecule has 5 heteroatoms. The maximum atomic E-state index is 5.42. The number of unbranched alkanes of at least 4 members (excludes halogenated alkanes) is 1. The van der Waals surface area contributed by atoms with Gasteiger partial charge >= 0.3 is 0 Å². The zero-order chi connectivity index (χ0) is 17.6. The molecule has 1 heterocycles. The number of thiocarbonyl (C=S) groups is 1. The third-order valence-electron chi connectivity index (χ3n) is 4.25. The van der Waals surface area contributed by atoms with Crippen LogP contribution in [-0.2, 0) is 13.0 Å². The summed E-state index contributed by atoms with van der Waals surface area (Å²) >= 11 is 5.42. The lowest BCUT2D eigenvalue weighted by atomic mass is 10.0. The first kappa shape index (κ1) is 17.5. The van der Waals surface area contributed by atoms with Crippen molar-refractivity contribution in [2.75, 3.05) is 12.1 Å². The van der Waals surface area contributed by atoms with Crippen LogP contribution in [-0.4, -0.2) is 11.9 Å². The lowest BCUT2D eigenvalue weighted by Crippen LogP contribution is -2.28. The summed E-state index contributed by atoms with van der Waals surface area (Å²) in [5.41, 5.74) is 4.73. The third-order valence-corrected chi connectivity index (χ3v) is 4.49. The van der Waals surface area contributed by atoms with E-state index in [1.54, 1.807) is 0 Å². The molecule has 0 aromatic heterocycles. The van der Waals surface area contributed by atoms with Gasteiger partial charge in [-0.25, -0.2) is 0 Å². The van der Waals surface area contributed by atoms with Crippen LogP contribution in [0.25, 0.3) is 0 Å². The van der Waals surface area contributed by atoms with Gasteiger partial charge in [-0.1, -0.05) is 31.5 Å². The molecule has 1 aliphatic heterocycles. The molecule has 2 N–H and O–H groups in total. The van der Waals surface area contributed by atoms with Crippen LogP contribution in [0.5, 0.6) is 11.5 Å². The van der Waals surface area contributed by atoms with Crippen molar-refractivity contribution in [1.82, 2.24) is 5.32 Å². The minimum absolute atomic E-state index is 0.291. The van der Waals surface area contributed by atoms with Crippen molar-refractivity contribution in [2.45, 2.75) is 39.7 Å². The molecule has 4 nitrogen and oxygen atoms in total. The molecule has 25 heavy (non-hydrogen) atoms. The Morgan fingerprint density at radius 3 is 2.68 bits per heavy atom. The normalized spacial score (nSPS) is 12.1. The molecule has 2 aromatic carbocycles. The maximum Gasteiger partial charge on any atom is 0.231 e. The van der Waals surface area contributed by atoms with Crippen LogP contribution in [0.2, 0.25) is 0 Å². The molecule has 0 unspecified atom stereocenters. The lowest BCUT2D eigenvalue weighted by molar-refractivity contribution is 0.174. The van der Waals surface area contributed by atoms with Crippen molar-refractivity contribution in [3.8, 4) is 11.5 Å². The second-order valence-corrected chi connectivity index (χ2v) is 6.66. The van der Waals surface area contributed by atoms with E-state index in [1.165, 1.54) is 24.0 Å². The molecule has 0 spiro atoms. The highest BCUT2D eigenvalue weighted by molar-refractivity contribution is 7.80. The van der Waals surface area contributed by atoms with Gasteiger partial charge < -0.3 is 20.1 Å². The largest absolute Gasteiger partial charge is 0.454 e. The van der Waals surface area contributed by atoms with Crippen molar-refractivity contribution in [2.24, 2.45) is 0 Å². The molecule has 2 aromatic rings. The predicted octanol–water partition coefficient (Wildman–Crippen LogP) is 4.55. The number of hydrogen-bond acceptors (Lipinski definition) is 3. The number of ether oxygens (including phenoxy) is 2. The summed E-state index contributed by atoms with van der Waals surface area (Å²) in [7, 11) is 0. The SMILES string of the molecule is CCCCc1ccc(NC(=S)NCc2ccc3c(c2)OCO3)c(C)c1. The van der Waals surface area contributed by atoms with Crippen molar-refractivity contribution in [3.05, 3.63) is 53.1 Å². The highest BCUT2D eigenvalue weighted by atomic mass is 32.1. The van der Waals surface area contributed by atoms with E-state index in [-0.39, 0.29) is 0 Å². The van der Waals surface area contributed by atoms with Gasteiger partial charge in [0.25, 0.3) is 0 Å². The Morgan fingerprint density at radius 1 is 1.08 bits per heavy atom. The summed E-state index contributed by atoms with van der Waals surface area (Å²) in [6, 6.07) is 12.4. The topological polar surface area (TPSA) is 42.5 Å². The number of nitrogens with one attached hydrogen (secondary N) is 2. The van der Waals surface area contributed by atoms with Crippen LogP contribution >= 0.6 is 12.2 Å². The van der Waals surface area contributed by atoms with E-state index < -0.39 is 0 Å². The monoisotopic (exact) mass is 356 g/mol. The fourth-order valence-electron chi connectivity index (χ4n) is 2.80. The van der Waals surface area contributed by atoms with Gasteiger partial charge in [-0.2, -0.15) is 0 Å². The van der Waals surface area contributed by atoms with Crippen molar-refractivity contribution >= 4 is 23.0 Å². The zero-order valence-corrected chi connectivity index (χ0v) is 15.5. The molecule has 1 aliphatic rings. The molecule has 0 fully saturated rings. The average Bonchev–Trinajstić information content (AvgIpc) is 3.08. The quantitative estimate of drug-likeness (QED) is 0.743. The fraction of sp³-hybridized carbons (Fsp3) is 0.350. The first-order chi connectivity index (χ1) is 12.2. The Hall–Kier alpha value is -2.27. The van der Waals surface area contributed by atoms with Gasteiger partial charge in [-0.05, 0) is 66.9 Å². The summed E-state index contributed by atoms with van der Waals surface area (Å²) < 4.78 is 10.7. The van der Waals surface area contributed by atoms with Gasteiger partial charge in [0.05, 0.1) is 0 Å². The van der Waals surface area contributed by atoms with Crippen LogP contribution < -0.4 is 20.1 Å². The van der Waals surface area contributed by atoms with Crippen LogP contribution in [0, 0.1) is 6.92 Å². The molecule has 0 bridgehead atoms. The summed E-state index contributed by atoms with van der Waals surface area (Å²) in [5.74, 6) is 1.58. The lowest BCUT2D eigenvalue weighted by Gasteiger charge is -2.14. The second-order valence-electron chi connectivity index (χ2n) is 6.25. The molecule has 0 saturated carbocycles. The minimum atomic E-state index is 0.291. The Balaban J connectivity index is 1.54. The van der Waals surface area contributed by atoms with Gasteiger partial charge in [0.15, 0.2) is 16.6 Å². The zero-order valence-electron chi connectivity index (χ0n) is 14.7. The number of benzene rings is 2. The predicted molar refractivity (Wildman–Crippen MR) is 105 cm³/mol. The minimum Gasteiger partial charge on any atom is -0.454 e. The molecule has 0 aliphatic carbocycles. The van der Waals surface area contributed by atoms with Crippen molar-refractivity contribution in [1.29, 1.82) is 0 Å². The van der Waals surface area contributed by atoms with E-state index in [1.807, 2.05) is 18.2 Å². The Labute approximate surface area is 154 Å². The Bertz CT molecular complexity index is 761. The number of fused-ring (bicyclic) bond motifs is 1. The molecular weight excluding hydrogens is 332 g/mol. The van der Waals surface area contributed by atoms with Gasteiger partial charge in [-0.15, -0.1) is 0 Å². The average molecular weight is 356 g/mol. The fourth-order valence-corrected chi connectivity index (χ4v) is 2.98. The molecule has 132 valence electrons. The smallest absolute Gasteiger partial charge is 0.231 e. The molecule has 3 rings (SSSR count). The summed E-state index contributed by atoms with van der Waals surface area (Å²) in [5, 5.41) is 7.13. The standard InChI is InChI=1S/C20H24N2O2S/c1-3-4-5-15-6-8-17(14(2)10-15)22-20(25)21-12-16-7-9-18-19(11-16)24-13-23-18/h6-11H,3-5,12-13H2,1-2H3,(H2,21,22,25). The highest BCUT2D eigenvalue weighted by Crippen LogP contribution is 2.32. The van der Waals surface area contributed by atoms with Crippen LogP contribution in [0.15, 0.2) is 36.4 Å². The molecule has 0 radical (unpaired) electrons. The summed E-state index contributed by atoms with van der Waals surface area (Å²) in [6.45, 7) is 5.25. The van der Waals surface area contributed by atoms with E-state index >= 15 is 0 Å². The Morgan fingerprint density at radius 2 is 1.88 bits per heavy atom. The highest BCUT2D eigenvalue weighted by Gasteiger charge is 2.13. The van der Waals surface area contributed by atoms with E-state index in [4.69, 9.17) is 21.7 Å². The molecule has 0 saturated heterocycles. The van der Waals surface area contributed by atoms with E-state index in [9.17, 15) is 0 Å². The van der Waals surface area contributed by atoms with Crippen LogP contribution in [0.1, 0.15) is 36.5 Å². The summed E-state index contributed by atoms with van der Waals surface area (Å²) in [6.07, 6.45) is 3.57.